The number of benzene rings is 2. The highest BCUT2D eigenvalue weighted by atomic mass is 79.9. The number of hydrogen-bond donors (Lipinski definition) is 1. The lowest BCUT2D eigenvalue weighted by atomic mass is 9.97. The van der Waals surface area contributed by atoms with Crippen molar-refractivity contribution in [2.45, 2.75) is 37.0 Å². The van der Waals surface area contributed by atoms with Crippen LogP contribution < -0.4 is 5.73 Å². The third kappa shape index (κ3) is 8.48. The number of nitrogens with two attached hydrogens (primary N) is 1. The van der Waals surface area contributed by atoms with Gasteiger partial charge in [0.1, 0.15) is 0 Å². The number of hydrogen-bond acceptors (Lipinski definition) is 2. The minimum absolute atomic E-state index is 0.00531. The number of halogens is 14. The standard InChI is InChI=1S/C18H11BrCl3F3O.C4H2F7NO/c1-9(26)12-4-2-10(6-14(12)19)3-5-13(18(23,24)25)11-7-15(20)17(22)16(21)8-11;5-2(6,1(12)13)3(7,8)4(9,10)11/h2-8,13H,1H3;(H2,12,13)/b5-3+;. The summed E-state index contributed by atoms with van der Waals surface area (Å²) < 4.78 is 122. The molecule has 0 spiro atoms. The van der Waals surface area contributed by atoms with E-state index in [1.165, 1.54) is 13.0 Å². The van der Waals surface area contributed by atoms with E-state index in [0.29, 0.717) is 15.6 Å². The first-order valence-corrected chi connectivity index (χ1v) is 11.7. The summed E-state index contributed by atoms with van der Waals surface area (Å²) in [4.78, 5) is 21.0. The fourth-order valence-electron chi connectivity index (χ4n) is 2.62. The van der Waals surface area contributed by atoms with Crippen molar-refractivity contribution < 1.29 is 53.5 Å². The second-order valence-electron chi connectivity index (χ2n) is 7.48. The maximum atomic E-state index is 13.5. The Kier molecular flexibility index (Phi) is 11.4. The Labute approximate surface area is 237 Å². The lowest BCUT2D eigenvalue weighted by Crippen LogP contribution is -2.58. The number of carbonyl (C=O) groups is 2. The molecule has 216 valence electrons. The molecule has 0 fully saturated rings. The minimum atomic E-state index is -6.52. The van der Waals surface area contributed by atoms with Crippen LogP contribution in [0.25, 0.3) is 6.08 Å². The third-order valence-electron chi connectivity index (χ3n) is 4.63. The number of rotatable bonds is 6. The molecule has 0 radical (unpaired) electrons. The van der Waals surface area contributed by atoms with E-state index in [9.17, 15) is 53.5 Å². The predicted octanol–water partition coefficient (Wildman–Crippen LogP) is 9.28. The van der Waals surface area contributed by atoms with Gasteiger partial charge in [0.05, 0.1) is 21.0 Å². The van der Waals surface area contributed by atoms with Crippen molar-refractivity contribution in [2.75, 3.05) is 0 Å². The Morgan fingerprint density at radius 1 is 0.897 bits per heavy atom. The molecule has 1 atom stereocenters. The van der Waals surface area contributed by atoms with E-state index < -0.39 is 36.0 Å². The first kappa shape index (κ1) is 35.0. The van der Waals surface area contributed by atoms with Gasteiger partial charge < -0.3 is 5.73 Å². The maximum Gasteiger partial charge on any atom is 0.460 e. The molecule has 1 unspecified atom stereocenters. The summed E-state index contributed by atoms with van der Waals surface area (Å²) in [5.41, 5.74) is 4.52. The molecule has 0 aromatic heterocycles. The van der Waals surface area contributed by atoms with Crippen LogP contribution in [0, 0.1) is 0 Å². The highest BCUT2D eigenvalue weighted by Crippen LogP contribution is 2.46. The fraction of sp³-hybridized carbons (Fsp3) is 0.273. The number of allylic oxidation sites excluding steroid dienone is 1. The summed E-state index contributed by atoms with van der Waals surface area (Å²) >= 11 is 20.7. The fourth-order valence-corrected chi connectivity index (χ4v) is 3.91. The Morgan fingerprint density at radius 2 is 1.38 bits per heavy atom. The van der Waals surface area contributed by atoms with Gasteiger partial charge in [-0.3, -0.25) is 9.59 Å². The Balaban J connectivity index is 0.000000495. The number of ketones is 1. The van der Waals surface area contributed by atoms with Gasteiger partial charge in [-0.25, -0.2) is 0 Å². The lowest BCUT2D eigenvalue weighted by molar-refractivity contribution is -0.343. The summed E-state index contributed by atoms with van der Waals surface area (Å²) in [6, 6.07) is 6.97. The Hall–Kier alpha value is -2.03. The van der Waals surface area contributed by atoms with Crippen molar-refractivity contribution in [2.24, 2.45) is 5.73 Å². The summed E-state index contributed by atoms with van der Waals surface area (Å²) in [5.74, 6) is -17.5. The monoisotopic (exact) mass is 697 g/mol. The predicted molar refractivity (Wildman–Crippen MR) is 129 cm³/mol. The number of alkyl halides is 10. The molecule has 0 heterocycles. The summed E-state index contributed by atoms with van der Waals surface area (Å²) in [5, 5.41) is -0.0958. The molecule has 0 bridgehead atoms. The van der Waals surface area contributed by atoms with Crippen molar-refractivity contribution in [3.05, 3.63) is 72.6 Å². The van der Waals surface area contributed by atoms with Gasteiger partial charge >= 0.3 is 24.2 Å². The highest BCUT2D eigenvalue weighted by molar-refractivity contribution is 9.10. The SMILES string of the molecule is CC(=O)c1ccc(/C=C/C(c2cc(Cl)c(Cl)c(Cl)c2)C(F)(F)F)cc1Br.NC(=O)C(F)(F)C(F)(F)C(F)(F)F. The second kappa shape index (κ2) is 12.6. The molecule has 3 nitrogen and oxygen atoms in total. The zero-order valence-electron chi connectivity index (χ0n) is 18.8. The number of Topliss-reactive ketones (excluding diaryl/α,β-unsaturated/α-hetero) is 1. The zero-order chi connectivity index (χ0) is 30.7. The van der Waals surface area contributed by atoms with E-state index in [-0.39, 0.29) is 26.4 Å². The van der Waals surface area contributed by atoms with Crippen molar-refractivity contribution in [3.8, 4) is 0 Å². The van der Waals surface area contributed by atoms with Gasteiger partial charge in [-0.05, 0) is 42.3 Å². The Morgan fingerprint density at radius 3 is 1.72 bits per heavy atom. The highest BCUT2D eigenvalue weighted by Gasteiger charge is 2.75. The van der Waals surface area contributed by atoms with Crippen molar-refractivity contribution >= 4 is 68.5 Å². The molecular formula is C22H13BrCl3F10NO2. The minimum Gasteiger partial charge on any atom is -0.364 e. The molecule has 0 aliphatic heterocycles. The van der Waals surface area contributed by atoms with Gasteiger partial charge in [0.15, 0.2) is 5.78 Å². The first-order valence-electron chi connectivity index (χ1n) is 9.77. The van der Waals surface area contributed by atoms with Crippen molar-refractivity contribution in [1.82, 2.24) is 0 Å². The molecule has 2 N–H and O–H groups in total. The van der Waals surface area contributed by atoms with Crippen LogP contribution in [0.1, 0.15) is 34.3 Å². The molecule has 0 saturated carbocycles. The summed E-state index contributed by atoms with van der Waals surface area (Å²) in [6.07, 6.45) is -8.74. The van der Waals surface area contributed by atoms with Crippen LogP contribution in [0.5, 0.6) is 0 Å². The number of primary amides is 1. The van der Waals surface area contributed by atoms with E-state index in [1.54, 1.807) is 18.2 Å². The first-order chi connectivity index (χ1) is 17.4. The average Bonchev–Trinajstić information content (AvgIpc) is 2.75. The van der Waals surface area contributed by atoms with Gasteiger partial charge in [0, 0.05) is 10.0 Å². The largest absolute Gasteiger partial charge is 0.460 e. The topological polar surface area (TPSA) is 60.2 Å². The van der Waals surface area contributed by atoms with Gasteiger partial charge in [0.25, 0.3) is 5.91 Å². The molecule has 2 aromatic rings. The average molecular weight is 700 g/mol. The van der Waals surface area contributed by atoms with Crippen LogP contribution in [0.4, 0.5) is 43.9 Å². The number of carbonyl (C=O) groups excluding carboxylic acids is 2. The number of amides is 1. The summed E-state index contributed by atoms with van der Waals surface area (Å²) in [6.45, 7) is 1.41. The van der Waals surface area contributed by atoms with Gasteiger partial charge in [0.2, 0.25) is 0 Å². The molecule has 39 heavy (non-hydrogen) atoms. The lowest BCUT2D eigenvalue weighted by Gasteiger charge is -2.25. The molecule has 0 aliphatic rings. The van der Waals surface area contributed by atoms with E-state index in [1.807, 2.05) is 0 Å². The normalized spacial score (nSPS) is 13.6. The maximum absolute atomic E-state index is 13.5. The van der Waals surface area contributed by atoms with Gasteiger partial charge in [-0.15, -0.1) is 0 Å². The smallest absolute Gasteiger partial charge is 0.364 e. The summed E-state index contributed by atoms with van der Waals surface area (Å²) in [7, 11) is 0. The van der Waals surface area contributed by atoms with Gasteiger partial charge in [-0.2, -0.15) is 43.9 Å². The van der Waals surface area contributed by atoms with E-state index in [4.69, 9.17) is 34.8 Å². The zero-order valence-corrected chi connectivity index (χ0v) is 22.7. The molecule has 0 aliphatic carbocycles. The molecule has 0 saturated heterocycles. The second-order valence-corrected chi connectivity index (χ2v) is 9.53. The molecular weight excluding hydrogens is 686 g/mol. The van der Waals surface area contributed by atoms with Crippen molar-refractivity contribution in [1.29, 1.82) is 0 Å². The van der Waals surface area contributed by atoms with Crippen LogP contribution >= 0.6 is 50.7 Å². The Bertz CT molecular complexity index is 1240. The van der Waals surface area contributed by atoms with E-state index in [0.717, 1.165) is 18.2 Å². The van der Waals surface area contributed by atoms with Crippen LogP contribution in [0.3, 0.4) is 0 Å². The van der Waals surface area contributed by atoms with Crippen LogP contribution in [-0.2, 0) is 4.79 Å². The van der Waals surface area contributed by atoms with E-state index >= 15 is 0 Å². The van der Waals surface area contributed by atoms with Gasteiger partial charge in [-0.1, -0.05) is 69.0 Å². The van der Waals surface area contributed by atoms with Crippen LogP contribution in [0.15, 0.2) is 40.9 Å². The van der Waals surface area contributed by atoms with E-state index in [2.05, 4.69) is 21.7 Å². The van der Waals surface area contributed by atoms with Crippen LogP contribution in [0.2, 0.25) is 15.1 Å². The molecule has 2 aromatic carbocycles. The quantitative estimate of drug-likeness (QED) is 0.186. The van der Waals surface area contributed by atoms with Crippen LogP contribution in [-0.4, -0.2) is 35.9 Å². The third-order valence-corrected chi connectivity index (χ3v) is 6.48. The molecule has 1 amide bonds. The molecule has 17 heteroatoms. The molecule has 2 rings (SSSR count). The van der Waals surface area contributed by atoms with Crippen molar-refractivity contribution in [3.63, 3.8) is 0 Å².